The monoisotopic (exact) mass is 276 g/mol. The zero-order valence-electron chi connectivity index (χ0n) is 10.7. The highest BCUT2D eigenvalue weighted by atomic mass is 32.1. The second-order valence-electron chi connectivity index (χ2n) is 5.48. The van der Waals surface area contributed by atoms with Crippen molar-refractivity contribution in [2.75, 3.05) is 14.1 Å². The summed E-state index contributed by atoms with van der Waals surface area (Å²) in [6.45, 7) is 4.49. The van der Waals surface area contributed by atoms with Crippen LogP contribution in [0.1, 0.15) is 22.3 Å². The van der Waals surface area contributed by atoms with Gasteiger partial charge < -0.3 is 0 Å². The second kappa shape index (κ2) is 3.90. The first-order valence-corrected chi connectivity index (χ1v) is 8.04. The molecule has 0 saturated carbocycles. The fourth-order valence-corrected chi connectivity index (χ4v) is 5.44. The van der Waals surface area contributed by atoms with E-state index < -0.39 is 0 Å². The van der Waals surface area contributed by atoms with Crippen LogP contribution in [0.15, 0.2) is 10.8 Å². The first-order valence-electron chi connectivity index (χ1n) is 6.28. The van der Waals surface area contributed by atoms with Crippen molar-refractivity contribution in [2.24, 2.45) is 0 Å². The van der Waals surface area contributed by atoms with Gasteiger partial charge in [0.2, 0.25) is 0 Å². The van der Waals surface area contributed by atoms with Crippen LogP contribution in [0.3, 0.4) is 0 Å². The zero-order chi connectivity index (χ0) is 12.3. The van der Waals surface area contributed by atoms with Crippen molar-refractivity contribution in [2.45, 2.75) is 26.2 Å². The fourth-order valence-electron chi connectivity index (χ4n) is 3.06. The lowest BCUT2D eigenvalue weighted by molar-refractivity contribution is 0.352. The van der Waals surface area contributed by atoms with Gasteiger partial charge in [0, 0.05) is 35.9 Å². The molecule has 0 fully saturated rings. The molecule has 0 unspecified atom stereocenters. The third kappa shape index (κ3) is 1.53. The molecule has 0 aromatic carbocycles. The van der Waals surface area contributed by atoms with Gasteiger partial charge >= 0.3 is 0 Å². The van der Waals surface area contributed by atoms with E-state index in [0.717, 1.165) is 26.2 Å². The number of hydrogen-bond donors (Lipinski definition) is 0. The van der Waals surface area contributed by atoms with Crippen LogP contribution in [0.4, 0.5) is 0 Å². The Labute approximate surface area is 115 Å². The van der Waals surface area contributed by atoms with Gasteiger partial charge in [-0.25, -0.2) is 0 Å². The zero-order valence-corrected chi connectivity index (χ0v) is 12.3. The minimum Gasteiger partial charge on any atom is -0.298 e. The van der Waals surface area contributed by atoms with E-state index in [1.165, 1.54) is 9.75 Å². The molecular formula is C14H16N2S2. The van der Waals surface area contributed by atoms with Crippen LogP contribution in [0.25, 0.3) is 9.75 Å². The molecule has 0 spiro atoms. The quantitative estimate of drug-likeness (QED) is 0.788. The molecule has 0 amide bonds. The first-order chi connectivity index (χ1) is 8.72. The van der Waals surface area contributed by atoms with E-state index in [4.69, 9.17) is 0 Å². The van der Waals surface area contributed by atoms with Gasteiger partial charge in [-0.1, -0.05) is 0 Å². The van der Waals surface area contributed by atoms with Crippen LogP contribution in [0, 0.1) is 0 Å². The van der Waals surface area contributed by atoms with Gasteiger partial charge in [-0.3, -0.25) is 9.80 Å². The molecule has 0 aliphatic carbocycles. The van der Waals surface area contributed by atoms with Gasteiger partial charge in [0.05, 0.1) is 0 Å². The van der Waals surface area contributed by atoms with Gasteiger partial charge in [-0.15, -0.1) is 22.7 Å². The molecule has 4 heterocycles. The van der Waals surface area contributed by atoms with E-state index >= 15 is 0 Å². The summed E-state index contributed by atoms with van der Waals surface area (Å²) in [5, 5.41) is 4.72. The Morgan fingerprint density at radius 2 is 1.22 bits per heavy atom. The number of thiophene rings is 2. The van der Waals surface area contributed by atoms with Crippen molar-refractivity contribution in [3.63, 3.8) is 0 Å². The van der Waals surface area contributed by atoms with E-state index in [-0.39, 0.29) is 0 Å². The SMILES string of the molecule is CN1Cc2csc(-c3scc4c3CN(C)C4)c2C1. The Kier molecular flexibility index (Phi) is 2.42. The molecule has 2 aromatic heterocycles. The molecule has 4 heteroatoms. The minimum absolute atomic E-state index is 1.12. The van der Waals surface area contributed by atoms with Crippen LogP contribution >= 0.6 is 22.7 Å². The standard InChI is InChI=1S/C14H16N2S2/c1-15-3-9-7-17-13(11(9)5-15)14-12-6-16(2)4-10(12)8-18-14/h7-8H,3-6H2,1-2H3. The smallest absolute Gasteiger partial charge is 0.0494 e. The molecule has 94 valence electrons. The van der Waals surface area contributed by atoms with Crippen molar-refractivity contribution < 1.29 is 0 Å². The topological polar surface area (TPSA) is 6.48 Å². The molecule has 2 nitrogen and oxygen atoms in total. The van der Waals surface area contributed by atoms with Gasteiger partial charge in [-0.2, -0.15) is 0 Å². The summed E-state index contributed by atoms with van der Waals surface area (Å²) in [5.41, 5.74) is 6.26. The molecule has 0 saturated heterocycles. The molecule has 2 aliphatic rings. The summed E-state index contributed by atoms with van der Waals surface area (Å²) < 4.78 is 0. The highest BCUT2D eigenvalue weighted by molar-refractivity contribution is 7.20. The van der Waals surface area contributed by atoms with Crippen molar-refractivity contribution in [1.29, 1.82) is 0 Å². The average Bonchev–Trinajstić information content (AvgIpc) is 2.98. The molecule has 0 bridgehead atoms. The predicted molar refractivity (Wildman–Crippen MR) is 78.0 cm³/mol. The minimum atomic E-state index is 1.12. The Balaban J connectivity index is 1.82. The van der Waals surface area contributed by atoms with Crippen LogP contribution in [0.5, 0.6) is 0 Å². The summed E-state index contributed by atoms with van der Waals surface area (Å²) in [5.74, 6) is 0. The predicted octanol–water partition coefficient (Wildman–Crippen LogP) is 3.37. The normalized spacial score (nSPS) is 19.4. The lowest BCUT2D eigenvalue weighted by Crippen LogP contribution is -2.08. The molecular weight excluding hydrogens is 260 g/mol. The van der Waals surface area contributed by atoms with Crippen LogP contribution in [0.2, 0.25) is 0 Å². The number of rotatable bonds is 1. The third-order valence-electron chi connectivity index (χ3n) is 3.90. The van der Waals surface area contributed by atoms with Crippen molar-refractivity contribution in [3.8, 4) is 9.75 Å². The van der Waals surface area contributed by atoms with Crippen LogP contribution < -0.4 is 0 Å². The van der Waals surface area contributed by atoms with E-state index in [9.17, 15) is 0 Å². The summed E-state index contributed by atoms with van der Waals surface area (Å²) >= 11 is 3.89. The third-order valence-corrected chi connectivity index (χ3v) is 6.21. The van der Waals surface area contributed by atoms with E-state index in [1.54, 1.807) is 22.3 Å². The first kappa shape index (κ1) is 11.2. The van der Waals surface area contributed by atoms with Gasteiger partial charge in [0.1, 0.15) is 0 Å². The summed E-state index contributed by atoms with van der Waals surface area (Å²) in [6, 6.07) is 0. The highest BCUT2D eigenvalue weighted by Gasteiger charge is 2.27. The molecule has 2 aliphatic heterocycles. The fraction of sp³-hybridized carbons (Fsp3) is 0.429. The van der Waals surface area contributed by atoms with Crippen molar-refractivity contribution >= 4 is 22.7 Å². The lowest BCUT2D eigenvalue weighted by Gasteiger charge is -2.08. The van der Waals surface area contributed by atoms with E-state index in [2.05, 4.69) is 34.7 Å². The molecule has 4 rings (SSSR count). The maximum absolute atomic E-state index is 2.40. The lowest BCUT2D eigenvalue weighted by atomic mass is 10.1. The second-order valence-corrected chi connectivity index (χ2v) is 7.24. The summed E-state index contributed by atoms with van der Waals surface area (Å²) in [4.78, 5) is 7.88. The van der Waals surface area contributed by atoms with E-state index in [0.29, 0.717) is 0 Å². The molecule has 0 radical (unpaired) electrons. The maximum atomic E-state index is 2.40. The maximum Gasteiger partial charge on any atom is 0.0494 e. The number of fused-ring (bicyclic) bond motifs is 2. The molecule has 2 aromatic rings. The Morgan fingerprint density at radius 1 is 0.778 bits per heavy atom. The number of nitrogens with zero attached hydrogens (tertiary/aromatic N) is 2. The molecule has 18 heavy (non-hydrogen) atoms. The largest absolute Gasteiger partial charge is 0.298 e. The molecule has 0 atom stereocenters. The van der Waals surface area contributed by atoms with Gasteiger partial charge in [0.25, 0.3) is 0 Å². The Morgan fingerprint density at radius 3 is 1.67 bits per heavy atom. The summed E-state index contributed by atoms with van der Waals surface area (Å²) in [7, 11) is 4.42. The highest BCUT2D eigenvalue weighted by Crippen LogP contribution is 2.44. The Bertz CT molecular complexity index is 557. The van der Waals surface area contributed by atoms with Crippen molar-refractivity contribution in [1.82, 2.24) is 9.80 Å². The van der Waals surface area contributed by atoms with Gasteiger partial charge in [-0.05, 0) is 47.1 Å². The van der Waals surface area contributed by atoms with Crippen LogP contribution in [-0.4, -0.2) is 23.9 Å². The van der Waals surface area contributed by atoms with Crippen LogP contribution in [-0.2, 0) is 26.2 Å². The Hall–Kier alpha value is -0.680. The average molecular weight is 276 g/mol. The molecule has 0 N–H and O–H groups in total. The number of hydrogen-bond acceptors (Lipinski definition) is 4. The summed E-state index contributed by atoms with van der Waals surface area (Å²) in [6.07, 6.45) is 0. The van der Waals surface area contributed by atoms with E-state index in [1.807, 2.05) is 22.7 Å². The van der Waals surface area contributed by atoms with Gasteiger partial charge in [0.15, 0.2) is 0 Å². The van der Waals surface area contributed by atoms with Crippen molar-refractivity contribution in [3.05, 3.63) is 33.0 Å².